The van der Waals surface area contributed by atoms with Gasteiger partial charge in [0.1, 0.15) is 6.04 Å². The quantitative estimate of drug-likeness (QED) is 0.854. The molecule has 2 rings (SSSR count). The van der Waals surface area contributed by atoms with Gasteiger partial charge in [-0.1, -0.05) is 36.8 Å². The Balaban J connectivity index is 2.02. The average Bonchev–Trinajstić information content (AvgIpc) is 2.95. The molecule has 5 nitrogen and oxygen atoms in total. The minimum Gasteiger partial charge on any atom is -0.350 e. The number of hydrogen-bond donors (Lipinski definition) is 1. The highest BCUT2D eigenvalue weighted by Crippen LogP contribution is 2.19. The summed E-state index contributed by atoms with van der Waals surface area (Å²) in [6, 6.07) is 7.81. The van der Waals surface area contributed by atoms with Crippen LogP contribution in [0.15, 0.2) is 36.7 Å². The van der Waals surface area contributed by atoms with E-state index in [9.17, 15) is 4.79 Å². The van der Waals surface area contributed by atoms with Crippen molar-refractivity contribution >= 4 is 5.91 Å². The summed E-state index contributed by atoms with van der Waals surface area (Å²) in [7, 11) is 3.84. The highest BCUT2D eigenvalue weighted by atomic mass is 16.2. The van der Waals surface area contributed by atoms with Crippen molar-refractivity contribution in [2.24, 2.45) is 0 Å². The lowest BCUT2D eigenvalue weighted by atomic mass is 10.0. The van der Waals surface area contributed by atoms with Gasteiger partial charge in [-0.05, 0) is 33.0 Å². The van der Waals surface area contributed by atoms with Crippen LogP contribution in [0.1, 0.15) is 36.1 Å². The maximum absolute atomic E-state index is 12.6. The Hall–Kier alpha value is -2.14. The molecule has 0 aliphatic carbocycles. The fourth-order valence-electron chi connectivity index (χ4n) is 2.57. The van der Waals surface area contributed by atoms with Crippen LogP contribution in [-0.4, -0.2) is 34.7 Å². The SMILES string of the molecule is CCCn1cc(CNC(=O)[C@H](c2ccc(C)cc2)N(C)C)cn1. The number of likely N-dealkylation sites (N-methyl/N-ethyl adjacent to an activating group) is 1. The molecule has 1 N–H and O–H groups in total. The number of carbonyl (C=O) groups excluding carboxylic acids is 1. The van der Waals surface area contributed by atoms with Crippen LogP contribution in [0.3, 0.4) is 0 Å². The zero-order valence-electron chi connectivity index (χ0n) is 14.4. The van der Waals surface area contributed by atoms with E-state index < -0.39 is 0 Å². The van der Waals surface area contributed by atoms with Crippen molar-refractivity contribution in [1.82, 2.24) is 20.0 Å². The highest BCUT2D eigenvalue weighted by Gasteiger charge is 2.22. The van der Waals surface area contributed by atoms with Gasteiger partial charge in [-0.3, -0.25) is 14.4 Å². The monoisotopic (exact) mass is 314 g/mol. The Morgan fingerprint density at radius 1 is 1.30 bits per heavy atom. The first-order valence-electron chi connectivity index (χ1n) is 8.03. The van der Waals surface area contributed by atoms with Crippen LogP contribution in [0.25, 0.3) is 0 Å². The van der Waals surface area contributed by atoms with E-state index in [2.05, 4.69) is 17.3 Å². The molecule has 0 saturated heterocycles. The van der Waals surface area contributed by atoms with E-state index in [1.54, 1.807) is 0 Å². The number of aryl methyl sites for hydroxylation is 2. The summed E-state index contributed by atoms with van der Waals surface area (Å²) in [6.45, 7) is 5.56. The minimum absolute atomic E-state index is 0.00194. The summed E-state index contributed by atoms with van der Waals surface area (Å²) in [6.07, 6.45) is 4.84. The molecule has 1 aromatic carbocycles. The molecule has 0 radical (unpaired) electrons. The third-order valence-corrected chi connectivity index (χ3v) is 3.76. The standard InChI is InChI=1S/C18H26N4O/c1-5-10-22-13-15(12-20-22)11-19-18(23)17(21(3)4)16-8-6-14(2)7-9-16/h6-9,12-13,17H,5,10-11H2,1-4H3,(H,19,23)/t17-/m0/s1. The van der Waals surface area contributed by atoms with Gasteiger partial charge >= 0.3 is 0 Å². The molecule has 1 atom stereocenters. The number of aromatic nitrogens is 2. The van der Waals surface area contributed by atoms with Crippen molar-refractivity contribution in [3.63, 3.8) is 0 Å². The summed E-state index contributed by atoms with van der Waals surface area (Å²) in [4.78, 5) is 14.5. The summed E-state index contributed by atoms with van der Waals surface area (Å²) in [5.41, 5.74) is 3.21. The molecule has 1 heterocycles. The second kappa shape index (κ2) is 7.92. The van der Waals surface area contributed by atoms with Crippen molar-refractivity contribution in [2.45, 2.75) is 39.4 Å². The van der Waals surface area contributed by atoms with E-state index in [1.807, 2.05) is 67.3 Å². The molecule has 5 heteroatoms. The molecule has 0 spiro atoms. The minimum atomic E-state index is -0.290. The number of nitrogens with one attached hydrogen (secondary N) is 1. The van der Waals surface area contributed by atoms with Crippen molar-refractivity contribution in [1.29, 1.82) is 0 Å². The topological polar surface area (TPSA) is 50.2 Å². The zero-order valence-corrected chi connectivity index (χ0v) is 14.4. The van der Waals surface area contributed by atoms with Crippen LogP contribution in [0.2, 0.25) is 0 Å². The van der Waals surface area contributed by atoms with Gasteiger partial charge in [0.25, 0.3) is 0 Å². The van der Waals surface area contributed by atoms with Crippen LogP contribution in [0, 0.1) is 6.92 Å². The maximum Gasteiger partial charge on any atom is 0.242 e. The van der Waals surface area contributed by atoms with Gasteiger partial charge in [0.15, 0.2) is 0 Å². The largest absolute Gasteiger partial charge is 0.350 e. The molecule has 0 saturated carbocycles. The molecule has 0 bridgehead atoms. The first kappa shape index (κ1) is 17.2. The number of rotatable bonds is 7. The van der Waals surface area contributed by atoms with Crippen LogP contribution < -0.4 is 5.32 Å². The fraction of sp³-hybridized carbons (Fsp3) is 0.444. The van der Waals surface area contributed by atoms with Crippen molar-refractivity contribution in [3.05, 3.63) is 53.3 Å². The lowest BCUT2D eigenvalue weighted by molar-refractivity contribution is -0.125. The van der Waals surface area contributed by atoms with Gasteiger partial charge < -0.3 is 5.32 Å². The number of amides is 1. The zero-order chi connectivity index (χ0) is 16.8. The first-order valence-corrected chi connectivity index (χ1v) is 8.03. The van der Waals surface area contributed by atoms with Crippen LogP contribution >= 0.6 is 0 Å². The van der Waals surface area contributed by atoms with Gasteiger partial charge in [0.05, 0.1) is 6.20 Å². The predicted molar refractivity (Wildman–Crippen MR) is 92.0 cm³/mol. The van der Waals surface area contributed by atoms with Crippen LogP contribution in [0.4, 0.5) is 0 Å². The lowest BCUT2D eigenvalue weighted by Gasteiger charge is -2.24. The summed E-state index contributed by atoms with van der Waals surface area (Å²) in [5.74, 6) is 0.00194. The first-order chi connectivity index (χ1) is 11.0. The van der Waals surface area contributed by atoms with Crippen molar-refractivity contribution in [3.8, 4) is 0 Å². The van der Waals surface area contributed by atoms with E-state index in [-0.39, 0.29) is 11.9 Å². The molecule has 2 aromatic rings. The smallest absolute Gasteiger partial charge is 0.242 e. The highest BCUT2D eigenvalue weighted by molar-refractivity contribution is 5.83. The van der Waals surface area contributed by atoms with Crippen molar-refractivity contribution < 1.29 is 4.79 Å². The van der Waals surface area contributed by atoms with E-state index in [1.165, 1.54) is 5.56 Å². The Bertz CT molecular complexity index is 631. The Labute approximate surface area is 138 Å². The second-order valence-corrected chi connectivity index (χ2v) is 6.11. The van der Waals surface area contributed by atoms with Gasteiger partial charge in [-0.15, -0.1) is 0 Å². The van der Waals surface area contributed by atoms with E-state index >= 15 is 0 Å². The molecule has 23 heavy (non-hydrogen) atoms. The van der Waals surface area contributed by atoms with Crippen LogP contribution in [0.5, 0.6) is 0 Å². The normalized spacial score (nSPS) is 12.4. The summed E-state index contributed by atoms with van der Waals surface area (Å²) < 4.78 is 1.91. The van der Waals surface area contributed by atoms with Crippen molar-refractivity contribution in [2.75, 3.05) is 14.1 Å². The molecular weight excluding hydrogens is 288 g/mol. The molecule has 0 aliphatic rings. The third-order valence-electron chi connectivity index (χ3n) is 3.76. The molecule has 0 unspecified atom stereocenters. The average molecular weight is 314 g/mol. The van der Waals surface area contributed by atoms with Gasteiger partial charge in [0.2, 0.25) is 5.91 Å². The Morgan fingerprint density at radius 2 is 2.00 bits per heavy atom. The predicted octanol–water partition coefficient (Wildman–Crippen LogP) is 2.52. The molecule has 124 valence electrons. The van der Waals surface area contributed by atoms with E-state index in [0.717, 1.165) is 24.1 Å². The summed E-state index contributed by atoms with van der Waals surface area (Å²) >= 11 is 0. The van der Waals surface area contributed by atoms with E-state index in [0.29, 0.717) is 6.54 Å². The second-order valence-electron chi connectivity index (χ2n) is 6.11. The van der Waals surface area contributed by atoms with Gasteiger partial charge in [0, 0.05) is 24.8 Å². The fourth-order valence-corrected chi connectivity index (χ4v) is 2.57. The number of nitrogens with zero attached hydrogens (tertiary/aromatic N) is 3. The molecular formula is C18H26N4O. The number of benzene rings is 1. The molecule has 0 aliphatic heterocycles. The number of carbonyl (C=O) groups is 1. The summed E-state index contributed by atoms with van der Waals surface area (Å²) in [5, 5.41) is 7.30. The third kappa shape index (κ3) is 4.66. The molecule has 1 aromatic heterocycles. The Kier molecular flexibility index (Phi) is 5.93. The van der Waals surface area contributed by atoms with Gasteiger partial charge in [-0.2, -0.15) is 5.10 Å². The van der Waals surface area contributed by atoms with Gasteiger partial charge in [-0.25, -0.2) is 0 Å². The molecule has 0 fully saturated rings. The van der Waals surface area contributed by atoms with Crippen LogP contribution in [-0.2, 0) is 17.9 Å². The lowest BCUT2D eigenvalue weighted by Crippen LogP contribution is -2.36. The van der Waals surface area contributed by atoms with E-state index in [4.69, 9.17) is 0 Å². The number of hydrogen-bond acceptors (Lipinski definition) is 3. The maximum atomic E-state index is 12.6. The molecule has 1 amide bonds. The Morgan fingerprint density at radius 3 is 2.61 bits per heavy atom.